The van der Waals surface area contributed by atoms with Gasteiger partial charge in [-0.15, -0.1) is 11.3 Å². The normalized spacial score (nSPS) is 20.9. The van der Waals surface area contributed by atoms with Crippen molar-refractivity contribution < 1.29 is 13.2 Å². The number of nitrogens with zero attached hydrogens (tertiary/aromatic N) is 3. The molecule has 1 saturated heterocycles. The number of benzene rings is 2. The van der Waals surface area contributed by atoms with Crippen molar-refractivity contribution in [1.82, 2.24) is 14.1 Å². The molecule has 3 heterocycles. The summed E-state index contributed by atoms with van der Waals surface area (Å²) in [6.45, 7) is 12.0. The number of sulfonamides is 1. The zero-order valence-electron chi connectivity index (χ0n) is 22.9. The van der Waals surface area contributed by atoms with E-state index in [0.29, 0.717) is 31.1 Å². The lowest BCUT2D eigenvalue weighted by atomic mass is 9.90. The van der Waals surface area contributed by atoms with Gasteiger partial charge in [0.2, 0.25) is 15.9 Å². The largest absolute Gasteiger partial charge is 0.339 e. The van der Waals surface area contributed by atoms with Gasteiger partial charge in [0.05, 0.1) is 17.5 Å². The van der Waals surface area contributed by atoms with E-state index in [0.717, 1.165) is 29.7 Å². The molecule has 0 N–H and O–H groups in total. The van der Waals surface area contributed by atoms with Crippen LogP contribution in [-0.2, 0) is 21.2 Å². The zero-order chi connectivity index (χ0) is 27.2. The molecule has 1 amide bonds. The van der Waals surface area contributed by atoms with Crippen molar-refractivity contribution in [2.24, 2.45) is 0 Å². The first kappa shape index (κ1) is 27.1. The average molecular weight is 552 g/mol. The van der Waals surface area contributed by atoms with E-state index in [1.165, 1.54) is 21.6 Å². The maximum absolute atomic E-state index is 13.7. The highest BCUT2D eigenvalue weighted by atomic mass is 32.2. The van der Waals surface area contributed by atoms with E-state index in [9.17, 15) is 13.2 Å². The summed E-state index contributed by atoms with van der Waals surface area (Å²) in [5.41, 5.74) is 6.37. The molecule has 0 unspecified atom stereocenters. The minimum Gasteiger partial charge on any atom is -0.339 e. The van der Waals surface area contributed by atoms with Crippen molar-refractivity contribution in [3.05, 3.63) is 86.1 Å². The van der Waals surface area contributed by atoms with Gasteiger partial charge in [-0.25, -0.2) is 8.42 Å². The van der Waals surface area contributed by atoms with Gasteiger partial charge in [0.25, 0.3) is 0 Å². The van der Waals surface area contributed by atoms with Gasteiger partial charge in [0.15, 0.2) is 0 Å². The number of amides is 1. The van der Waals surface area contributed by atoms with E-state index >= 15 is 0 Å². The van der Waals surface area contributed by atoms with E-state index in [2.05, 4.69) is 47.5 Å². The van der Waals surface area contributed by atoms with Gasteiger partial charge in [0.1, 0.15) is 0 Å². The SMILES string of the molecule is Cc1cc(C)c(S(=O)(=O)N2CCN(C(=O)CN3CCc4sccc4[C@@H]3c3ccccc3C)C[C@H]2C)c(C)c1. The monoisotopic (exact) mass is 551 g/mol. The fourth-order valence-electron chi connectivity index (χ4n) is 6.29. The molecule has 2 aliphatic heterocycles. The quantitative estimate of drug-likeness (QED) is 0.455. The van der Waals surface area contributed by atoms with Crippen LogP contribution in [0.4, 0.5) is 0 Å². The van der Waals surface area contributed by atoms with Crippen molar-refractivity contribution in [1.29, 1.82) is 0 Å². The van der Waals surface area contributed by atoms with Gasteiger partial charge in [0, 0.05) is 37.1 Å². The zero-order valence-corrected chi connectivity index (χ0v) is 24.5. The Morgan fingerprint density at radius 1 is 0.947 bits per heavy atom. The maximum Gasteiger partial charge on any atom is 0.243 e. The van der Waals surface area contributed by atoms with Gasteiger partial charge in [-0.1, -0.05) is 42.0 Å². The third-order valence-electron chi connectivity index (χ3n) is 7.98. The molecule has 1 aromatic heterocycles. The second-order valence-corrected chi connectivity index (χ2v) is 13.6. The number of carbonyl (C=O) groups is 1. The number of rotatable bonds is 5. The van der Waals surface area contributed by atoms with Crippen LogP contribution in [0.5, 0.6) is 0 Å². The number of fused-ring (bicyclic) bond motifs is 1. The third kappa shape index (κ3) is 4.95. The standard InChI is InChI=1S/C30H37N3O3S2/c1-20-16-22(3)30(23(4)17-20)38(35,36)33-14-13-31(18-24(33)5)28(34)19-32-12-10-27-26(11-15-37-27)29(32)25-9-7-6-8-21(25)2/h6-9,11,15-17,24,29H,10,12-14,18-19H2,1-5H3/t24-,29+/m1/s1. The van der Waals surface area contributed by atoms with Crippen LogP contribution in [0.15, 0.2) is 52.7 Å². The first-order valence-electron chi connectivity index (χ1n) is 13.3. The Bertz CT molecular complexity index is 1440. The first-order valence-corrected chi connectivity index (χ1v) is 15.6. The Kier molecular flexibility index (Phi) is 7.52. The predicted molar refractivity (Wildman–Crippen MR) is 153 cm³/mol. The third-order valence-corrected chi connectivity index (χ3v) is 11.3. The summed E-state index contributed by atoms with van der Waals surface area (Å²) in [6, 6.07) is 14.2. The van der Waals surface area contributed by atoms with Gasteiger partial charge in [-0.05, 0) is 80.3 Å². The smallest absolute Gasteiger partial charge is 0.243 e. The lowest BCUT2D eigenvalue weighted by Gasteiger charge is -2.41. The number of aryl methyl sites for hydroxylation is 4. The van der Waals surface area contributed by atoms with E-state index in [1.54, 1.807) is 15.6 Å². The lowest BCUT2D eigenvalue weighted by molar-refractivity contribution is -0.135. The minimum absolute atomic E-state index is 0.0572. The van der Waals surface area contributed by atoms with Gasteiger partial charge >= 0.3 is 0 Å². The summed E-state index contributed by atoms with van der Waals surface area (Å²) < 4.78 is 28.9. The second kappa shape index (κ2) is 10.6. The Labute approximate surface area is 230 Å². The van der Waals surface area contributed by atoms with Crippen molar-refractivity contribution in [3.8, 4) is 0 Å². The Morgan fingerprint density at radius 2 is 1.66 bits per heavy atom. The van der Waals surface area contributed by atoms with Crippen LogP contribution in [-0.4, -0.2) is 67.2 Å². The molecule has 0 spiro atoms. The summed E-state index contributed by atoms with van der Waals surface area (Å²) >= 11 is 1.80. The van der Waals surface area contributed by atoms with Crippen LogP contribution >= 0.6 is 11.3 Å². The molecule has 0 aliphatic carbocycles. The van der Waals surface area contributed by atoms with Crippen LogP contribution in [0.2, 0.25) is 0 Å². The fourth-order valence-corrected chi connectivity index (χ4v) is 9.22. The summed E-state index contributed by atoms with van der Waals surface area (Å²) in [7, 11) is -3.66. The highest BCUT2D eigenvalue weighted by molar-refractivity contribution is 7.89. The average Bonchev–Trinajstić information content (AvgIpc) is 3.32. The van der Waals surface area contributed by atoms with Crippen LogP contribution in [0.1, 0.15) is 51.2 Å². The van der Waals surface area contributed by atoms with E-state index in [4.69, 9.17) is 0 Å². The molecular weight excluding hydrogens is 514 g/mol. The van der Waals surface area contributed by atoms with E-state index in [1.807, 2.05) is 44.7 Å². The number of hydrogen-bond donors (Lipinski definition) is 0. The summed E-state index contributed by atoms with van der Waals surface area (Å²) in [5.74, 6) is 0.0638. The molecule has 2 aromatic carbocycles. The Balaban J connectivity index is 1.33. The van der Waals surface area contributed by atoms with Crippen LogP contribution in [0, 0.1) is 27.7 Å². The predicted octanol–water partition coefficient (Wildman–Crippen LogP) is 4.85. The van der Waals surface area contributed by atoms with E-state index < -0.39 is 10.0 Å². The molecule has 3 aromatic rings. The Hall–Kier alpha value is -2.52. The minimum atomic E-state index is -3.66. The molecule has 202 valence electrons. The van der Waals surface area contributed by atoms with Crippen LogP contribution < -0.4 is 0 Å². The summed E-state index contributed by atoms with van der Waals surface area (Å²) in [4.78, 5) is 19.6. The Morgan fingerprint density at radius 3 is 2.34 bits per heavy atom. The molecule has 1 fully saturated rings. The topological polar surface area (TPSA) is 60.9 Å². The van der Waals surface area contributed by atoms with Gasteiger partial charge < -0.3 is 4.90 Å². The molecular formula is C30H37N3O3S2. The van der Waals surface area contributed by atoms with E-state index in [-0.39, 0.29) is 18.0 Å². The van der Waals surface area contributed by atoms with Crippen molar-refractivity contribution in [2.45, 2.75) is 58.0 Å². The summed E-state index contributed by atoms with van der Waals surface area (Å²) in [5, 5.41) is 2.15. The van der Waals surface area contributed by atoms with Crippen molar-refractivity contribution in [3.63, 3.8) is 0 Å². The summed E-state index contributed by atoms with van der Waals surface area (Å²) in [6.07, 6.45) is 0.945. The molecule has 0 saturated carbocycles. The number of thiophene rings is 1. The number of hydrogen-bond acceptors (Lipinski definition) is 5. The molecule has 0 bridgehead atoms. The molecule has 38 heavy (non-hydrogen) atoms. The first-order chi connectivity index (χ1) is 18.1. The van der Waals surface area contributed by atoms with Gasteiger partial charge in [-0.3, -0.25) is 9.69 Å². The van der Waals surface area contributed by atoms with Crippen molar-refractivity contribution >= 4 is 27.3 Å². The second-order valence-electron chi connectivity index (χ2n) is 10.8. The molecule has 0 radical (unpaired) electrons. The fraction of sp³-hybridized carbons (Fsp3) is 0.433. The number of carbonyl (C=O) groups excluding carboxylic acids is 1. The van der Waals surface area contributed by atoms with Crippen molar-refractivity contribution in [2.75, 3.05) is 32.7 Å². The molecule has 5 rings (SSSR count). The molecule has 6 nitrogen and oxygen atoms in total. The maximum atomic E-state index is 13.7. The highest BCUT2D eigenvalue weighted by Gasteiger charge is 2.38. The lowest BCUT2D eigenvalue weighted by Crippen LogP contribution is -2.57. The number of piperazine rings is 1. The molecule has 8 heteroatoms. The van der Waals surface area contributed by atoms with Crippen LogP contribution in [0.3, 0.4) is 0 Å². The van der Waals surface area contributed by atoms with Gasteiger partial charge in [-0.2, -0.15) is 4.31 Å². The molecule has 2 atom stereocenters. The highest BCUT2D eigenvalue weighted by Crippen LogP contribution is 2.39. The molecule has 2 aliphatic rings. The van der Waals surface area contributed by atoms with Crippen LogP contribution in [0.25, 0.3) is 0 Å².